The van der Waals surface area contributed by atoms with Crippen LogP contribution in [0.3, 0.4) is 0 Å². The molecule has 0 atom stereocenters. The molecule has 0 fully saturated rings. The zero-order chi connectivity index (χ0) is 10.8. The van der Waals surface area contributed by atoms with E-state index in [0.717, 1.165) is 6.42 Å². The zero-order valence-corrected chi connectivity index (χ0v) is 8.98. The van der Waals surface area contributed by atoms with E-state index in [4.69, 9.17) is 0 Å². The lowest BCUT2D eigenvalue weighted by Crippen LogP contribution is -1.90. The summed E-state index contributed by atoms with van der Waals surface area (Å²) >= 11 is 0. The summed E-state index contributed by atoms with van der Waals surface area (Å²) in [6, 6.07) is 18.9. The molecular weight excluding hydrogens is 194 g/mol. The van der Waals surface area contributed by atoms with Gasteiger partial charge in [0.15, 0.2) is 0 Å². The van der Waals surface area contributed by atoms with E-state index in [-0.39, 0.29) is 0 Å². The molecule has 2 aromatic rings. The van der Waals surface area contributed by atoms with Crippen molar-refractivity contribution >= 4 is 11.8 Å². The van der Waals surface area contributed by atoms with Gasteiger partial charge in [-0.2, -0.15) is 0 Å². The van der Waals surface area contributed by atoms with E-state index in [0.29, 0.717) is 0 Å². The molecule has 16 heavy (non-hydrogen) atoms. The average Bonchev–Trinajstić information content (AvgIpc) is 2.72. The molecule has 1 N–H and O–H groups in total. The fourth-order valence-electron chi connectivity index (χ4n) is 2.06. The van der Waals surface area contributed by atoms with Crippen LogP contribution in [0.4, 0.5) is 5.69 Å². The van der Waals surface area contributed by atoms with Crippen LogP contribution >= 0.6 is 0 Å². The van der Waals surface area contributed by atoms with E-state index < -0.39 is 0 Å². The van der Waals surface area contributed by atoms with Gasteiger partial charge >= 0.3 is 0 Å². The third-order valence-corrected chi connectivity index (χ3v) is 2.83. The number of rotatable bonds is 1. The second kappa shape index (κ2) is 3.86. The lowest BCUT2D eigenvalue weighted by molar-refractivity contribution is 1.26. The summed E-state index contributed by atoms with van der Waals surface area (Å²) in [4.78, 5) is 0. The molecule has 1 aliphatic heterocycles. The van der Waals surface area contributed by atoms with Gasteiger partial charge in [0, 0.05) is 17.8 Å². The minimum Gasteiger partial charge on any atom is -0.358 e. The van der Waals surface area contributed by atoms with E-state index in [1.807, 2.05) is 6.07 Å². The summed E-state index contributed by atoms with van der Waals surface area (Å²) in [5.41, 5.74) is 5.14. The van der Waals surface area contributed by atoms with E-state index in [2.05, 4.69) is 59.9 Å². The highest BCUT2D eigenvalue weighted by Crippen LogP contribution is 2.28. The molecule has 0 unspecified atom stereocenters. The second-order valence-electron chi connectivity index (χ2n) is 4.04. The van der Waals surface area contributed by atoms with Crippen molar-refractivity contribution in [1.82, 2.24) is 0 Å². The van der Waals surface area contributed by atoms with Crippen LogP contribution in [0.1, 0.15) is 11.1 Å². The normalized spacial score (nSPS) is 15.9. The van der Waals surface area contributed by atoms with E-state index in [9.17, 15) is 0 Å². The van der Waals surface area contributed by atoms with Crippen LogP contribution in [0.25, 0.3) is 6.08 Å². The van der Waals surface area contributed by atoms with Gasteiger partial charge in [-0.15, -0.1) is 0 Å². The smallest absolute Gasteiger partial charge is 0.0418 e. The Morgan fingerprint density at radius 3 is 2.44 bits per heavy atom. The van der Waals surface area contributed by atoms with Crippen LogP contribution in [0.2, 0.25) is 0 Å². The number of hydrogen-bond acceptors (Lipinski definition) is 1. The van der Waals surface area contributed by atoms with E-state index in [1.165, 1.54) is 22.5 Å². The average molecular weight is 207 g/mol. The highest BCUT2D eigenvalue weighted by atomic mass is 14.9. The molecule has 1 heteroatoms. The Morgan fingerprint density at radius 2 is 1.62 bits per heavy atom. The lowest BCUT2D eigenvalue weighted by Gasteiger charge is -1.99. The molecule has 1 aliphatic rings. The molecule has 1 heterocycles. The Hall–Kier alpha value is -2.02. The molecule has 0 aliphatic carbocycles. The van der Waals surface area contributed by atoms with Gasteiger partial charge in [0.25, 0.3) is 0 Å². The van der Waals surface area contributed by atoms with Crippen molar-refractivity contribution in [2.75, 3.05) is 5.32 Å². The maximum Gasteiger partial charge on any atom is 0.0418 e. The predicted octanol–water partition coefficient (Wildman–Crippen LogP) is 3.70. The SMILES string of the molecule is C(=C1Cc2ccccc2N1)c1ccccc1. The highest BCUT2D eigenvalue weighted by Gasteiger charge is 2.12. The van der Waals surface area contributed by atoms with Gasteiger partial charge in [0.1, 0.15) is 0 Å². The van der Waals surface area contributed by atoms with Crippen LogP contribution in [0.15, 0.2) is 60.3 Å². The Labute approximate surface area is 95.4 Å². The molecule has 78 valence electrons. The van der Waals surface area contributed by atoms with E-state index in [1.54, 1.807) is 0 Å². The molecule has 0 bridgehead atoms. The van der Waals surface area contributed by atoms with Gasteiger partial charge in [-0.25, -0.2) is 0 Å². The van der Waals surface area contributed by atoms with Crippen molar-refractivity contribution in [3.05, 3.63) is 71.4 Å². The van der Waals surface area contributed by atoms with Crippen LogP contribution in [0.5, 0.6) is 0 Å². The number of fused-ring (bicyclic) bond motifs is 1. The van der Waals surface area contributed by atoms with Gasteiger partial charge in [-0.1, -0.05) is 48.5 Å². The summed E-state index contributed by atoms with van der Waals surface area (Å²) in [6.07, 6.45) is 3.21. The fourth-order valence-corrected chi connectivity index (χ4v) is 2.06. The molecule has 0 radical (unpaired) electrons. The van der Waals surface area contributed by atoms with Crippen LogP contribution in [-0.4, -0.2) is 0 Å². The summed E-state index contributed by atoms with van der Waals surface area (Å²) in [7, 11) is 0. The Balaban J connectivity index is 1.89. The highest BCUT2D eigenvalue weighted by molar-refractivity contribution is 5.68. The quantitative estimate of drug-likeness (QED) is 0.752. The summed E-state index contributed by atoms with van der Waals surface area (Å²) in [5.74, 6) is 0. The molecule has 3 rings (SSSR count). The third kappa shape index (κ3) is 1.72. The van der Waals surface area contributed by atoms with Crippen molar-refractivity contribution in [3.63, 3.8) is 0 Å². The first kappa shape index (κ1) is 9.22. The van der Waals surface area contributed by atoms with Gasteiger partial charge in [-0.05, 0) is 23.3 Å². The first-order chi connectivity index (χ1) is 7.92. The minimum atomic E-state index is 1.01. The maximum atomic E-state index is 3.44. The number of benzene rings is 2. The standard InChI is InChI=1S/C15H13N/c1-2-6-12(7-3-1)10-14-11-13-8-4-5-9-15(13)16-14/h1-10,16H,11H2. The molecule has 0 saturated heterocycles. The molecule has 0 spiro atoms. The maximum absolute atomic E-state index is 3.44. The Bertz CT molecular complexity index is 499. The summed E-state index contributed by atoms with van der Waals surface area (Å²) in [6.45, 7) is 0. The van der Waals surface area contributed by atoms with Crippen molar-refractivity contribution < 1.29 is 0 Å². The zero-order valence-electron chi connectivity index (χ0n) is 8.98. The number of para-hydroxylation sites is 1. The van der Waals surface area contributed by atoms with Crippen molar-refractivity contribution in [1.29, 1.82) is 0 Å². The number of allylic oxidation sites excluding steroid dienone is 1. The third-order valence-electron chi connectivity index (χ3n) is 2.83. The van der Waals surface area contributed by atoms with Crippen molar-refractivity contribution in [3.8, 4) is 0 Å². The monoisotopic (exact) mass is 207 g/mol. The summed E-state index contributed by atoms with van der Waals surface area (Å²) < 4.78 is 0. The van der Waals surface area contributed by atoms with Crippen LogP contribution < -0.4 is 5.32 Å². The first-order valence-electron chi connectivity index (χ1n) is 5.52. The van der Waals surface area contributed by atoms with Gasteiger partial charge < -0.3 is 5.32 Å². The van der Waals surface area contributed by atoms with Crippen molar-refractivity contribution in [2.45, 2.75) is 6.42 Å². The molecule has 1 nitrogen and oxygen atoms in total. The largest absolute Gasteiger partial charge is 0.358 e. The van der Waals surface area contributed by atoms with Gasteiger partial charge in [0.05, 0.1) is 0 Å². The lowest BCUT2D eigenvalue weighted by atomic mass is 10.1. The minimum absolute atomic E-state index is 1.01. The number of hydrogen-bond donors (Lipinski definition) is 1. The number of nitrogens with one attached hydrogen (secondary N) is 1. The molecular formula is C15H13N. The molecule has 0 aromatic heterocycles. The predicted molar refractivity (Wildman–Crippen MR) is 68.2 cm³/mol. The first-order valence-corrected chi connectivity index (χ1v) is 5.52. The van der Waals surface area contributed by atoms with Gasteiger partial charge in [0.2, 0.25) is 0 Å². The second-order valence-corrected chi connectivity index (χ2v) is 4.04. The van der Waals surface area contributed by atoms with Crippen molar-refractivity contribution in [2.24, 2.45) is 0 Å². The molecule has 0 saturated carbocycles. The molecule has 2 aromatic carbocycles. The summed E-state index contributed by atoms with van der Waals surface area (Å²) in [5, 5.41) is 3.44. The van der Waals surface area contributed by atoms with E-state index >= 15 is 0 Å². The number of anilines is 1. The van der Waals surface area contributed by atoms with Gasteiger partial charge in [-0.3, -0.25) is 0 Å². The van der Waals surface area contributed by atoms with Crippen LogP contribution in [-0.2, 0) is 6.42 Å². The molecule has 0 amide bonds. The topological polar surface area (TPSA) is 12.0 Å². The fraction of sp³-hybridized carbons (Fsp3) is 0.0667. The Kier molecular flexibility index (Phi) is 2.22. The Morgan fingerprint density at radius 1 is 0.875 bits per heavy atom. The van der Waals surface area contributed by atoms with Crippen LogP contribution in [0, 0.1) is 0 Å².